The minimum absolute atomic E-state index is 0.00294. The minimum Gasteiger partial charge on any atom is -0.466 e. The van der Waals surface area contributed by atoms with Crippen LogP contribution in [-0.4, -0.2) is 17.9 Å². The number of halogens is 1. The number of benzene rings is 1. The van der Waals surface area contributed by atoms with Crippen LogP contribution in [0.1, 0.15) is 33.0 Å². The number of aryl methyl sites for hydroxylation is 2. The molecule has 0 radical (unpaired) electrons. The predicted octanol–water partition coefficient (Wildman–Crippen LogP) is 4.24. The second-order valence-electron chi connectivity index (χ2n) is 5.01. The lowest BCUT2D eigenvalue weighted by atomic mass is 10.1. The number of nitrogens with zero attached hydrogens (tertiary/aromatic N) is 1. The average Bonchev–Trinajstić information content (AvgIpc) is 2.62. The lowest BCUT2D eigenvalue weighted by Crippen LogP contribution is -2.27. The van der Waals surface area contributed by atoms with Crippen LogP contribution in [0, 0.1) is 20.8 Å². The van der Waals surface area contributed by atoms with E-state index < -0.39 is 0 Å². The Labute approximate surface area is 127 Å². The zero-order chi connectivity index (χ0) is 14.9. The molecule has 0 fully saturated rings. The highest BCUT2D eigenvalue weighted by molar-refractivity contribution is 9.10. The van der Waals surface area contributed by atoms with Gasteiger partial charge in [-0.25, -0.2) is 0 Å². The Bertz CT molecular complexity index is 646. The molecule has 0 aliphatic rings. The van der Waals surface area contributed by atoms with Crippen LogP contribution in [0.15, 0.2) is 33.2 Å². The van der Waals surface area contributed by atoms with Crippen molar-refractivity contribution in [2.24, 2.45) is 0 Å². The number of rotatable bonds is 3. The highest BCUT2D eigenvalue weighted by Gasteiger charge is 2.21. The summed E-state index contributed by atoms with van der Waals surface area (Å²) in [6, 6.07) is 7.97. The van der Waals surface area contributed by atoms with Crippen molar-refractivity contribution in [3.8, 4) is 0 Å². The van der Waals surface area contributed by atoms with Gasteiger partial charge in [-0.2, -0.15) is 0 Å². The largest absolute Gasteiger partial charge is 0.466 e. The van der Waals surface area contributed by atoms with E-state index in [2.05, 4.69) is 15.9 Å². The molecule has 20 heavy (non-hydrogen) atoms. The molecule has 1 aromatic carbocycles. The predicted molar refractivity (Wildman–Crippen MR) is 82.9 cm³/mol. The van der Waals surface area contributed by atoms with Crippen molar-refractivity contribution in [3.05, 3.63) is 56.9 Å². The number of amides is 1. The van der Waals surface area contributed by atoms with Crippen molar-refractivity contribution in [1.82, 2.24) is 4.90 Å². The maximum absolute atomic E-state index is 12.5. The second kappa shape index (κ2) is 5.83. The molecule has 1 aromatic heterocycles. The smallest absolute Gasteiger partial charge is 0.257 e. The molecule has 0 spiro atoms. The van der Waals surface area contributed by atoms with Crippen LogP contribution < -0.4 is 0 Å². The number of hydrogen-bond donors (Lipinski definition) is 0. The van der Waals surface area contributed by atoms with E-state index in [9.17, 15) is 4.79 Å². The summed E-state index contributed by atoms with van der Waals surface area (Å²) < 4.78 is 6.55. The molecule has 0 N–H and O–H groups in total. The van der Waals surface area contributed by atoms with Gasteiger partial charge in [-0.3, -0.25) is 4.79 Å². The fourth-order valence-corrected chi connectivity index (χ4v) is 2.73. The van der Waals surface area contributed by atoms with Crippen LogP contribution in [0.5, 0.6) is 0 Å². The van der Waals surface area contributed by atoms with Gasteiger partial charge in [0.1, 0.15) is 11.5 Å². The van der Waals surface area contributed by atoms with Gasteiger partial charge >= 0.3 is 0 Å². The Morgan fingerprint density at radius 2 is 1.95 bits per heavy atom. The van der Waals surface area contributed by atoms with Gasteiger partial charge in [0.2, 0.25) is 0 Å². The van der Waals surface area contributed by atoms with Crippen molar-refractivity contribution in [2.75, 3.05) is 7.05 Å². The van der Waals surface area contributed by atoms with E-state index in [1.165, 1.54) is 0 Å². The van der Waals surface area contributed by atoms with Gasteiger partial charge in [-0.05, 0) is 38.5 Å². The number of carbonyl (C=O) groups is 1. The van der Waals surface area contributed by atoms with E-state index in [1.807, 2.05) is 52.1 Å². The van der Waals surface area contributed by atoms with Gasteiger partial charge in [0.05, 0.1) is 5.56 Å². The van der Waals surface area contributed by atoms with Crippen LogP contribution in [0.2, 0.25) is 0 Å². The summed E-state index contributed by atoms with van der Waals surface area (Å²) >= 11 is 3.44. The number of carbonyl (C=O) groups excluding carboxylic acids is 1. The molecule has 0 saturated carbocycles. The van der Waals surface area contributed by atoms with Crippen molar-refractivity contribution in [1.29, 1.82) is 0 Å². The third-order valence-corrected chi connectivity index (χ3v) is 3.92. The van der Waals surface area contributed by atoms with Crippen LogP contribution in [0.25, 0.3) is 0 Å². The second-order valence-corrected chi connectivity index (χ2v) is 5.92. The van der Waals surface area contributed by atoms with Crippen molar-refractivity contribution >= 4 is 21.8 Å². The molecule has 2 aromatic rings. The first kappa shape index (κ1) is 14.9. The summed E-state index contributed by atoms with van der Waals surface area (Å²) in [5.74, 6) is 1.49. The van der Waals surface area contributed by atoms with E-state index in [0.29, 0.717) is 17.9 Å². The Kier molecular flexibility index (Phi) is 4.33. The minimum atomic E-state index is -0.00294. The van der Waals surface area contributed by atoms with Gasteiger partial charge in [0.25, 0.3) is 5.91 Å². The molecule has 0 bridgehead atoms. The molecular formula is C16H18BrNO2. The fraction of sp³-hybridized carbons (Fsp3) is 0.312. The van der Waals surface area contributed by atoms with Gasteiger partial charge in [-0.1, -0.05) is 28.1 Å². The summed E-state index contributed by atoms with van der Waals surface area (Å²) in [4.78, 5) is 14.3. The van der Waals surface area contributed by atoms with E-state index in [1.54, 1.807) is 4.90 Å². The molecule has 0 aliphatic carbocycles. The summed E-state index contributed by atoms with van der Waals surface area (Å²) in [6.45, 7) is 6.21. The Balaban J connectivity index is 2.21. The first-order chi connectivity index (χ1) is 9.40. The first-order valence-electron chi connectivity index (χ1n) is 6.46. The van der Waals surface area contributed by atoms with Crippen molar-refractivity contribution < 1.29 is 9.21 Å². The van der Waals surface area contributed by atoms with Crippen LogP contribution in [0.3, 0.4) is 0 Å². The monoisotopic (exact) mass is 335 g/mol. The molecular weight excluding hydrogens is 318 g/mol. The maximum Gasteiger partial charge on any atom is 0.257 e. The van der Waals surface area contributed by atoms with Crippen LogP contribution >= 0.6 is 15.9 Å². The zero-order valence-corrected chi connectivity index (χ0v) is 13.7. The topological polar surface area (TPSA) is 33.5 Å². The molecule has 0 aliphatic heterocycles. The van der Waals surface area contributed by atoms with Gasteiger partial charge in [-0.15, -0.1) is 0 Å². The lowest BCUT2D eigenvalue weighted by Gasteiger charge is -2.17. The summed E-state index contributed by atoms with van der Waals surface area (Å²) in [5.41, 5.74) is 2.69. The van der Waals surface area contributed by atoms with Crippen molar-refractivity contribution in [3.63, 3.8) is 0 Å². The first-order valence-corrected chi connectivity index (χ1v) is 7.26. The number of hydrogen-bond acceptors (Lipinski definition) is 2. The summed E-state index contributed by atoms with van der Waals surface area (Å²) in [7, 11) is 1.81. The van der Waals surface area contributed by atoms with Crippen molar-refractivity contribution in [2.45, 2.75) is 27.3 Å². The third kappa shape index (κ3) is 2.96. The molecule has 2 rings (SSSR count). The van der Waals surface area contributed by atoms with E-state index in [0.717, 1.165) is 21.4 Å². The van der Waals surface area contributed by atoms with E-state index in [4.69, 9.17) is 4.42 Å². The fourth-order valence-electron chi connectivity index (χ4n) is 2.28. The summed E-state index contributed by atoms with van der Waals surface area (Å²) in [6.07, 6.45) is 0. The lowest BCUT2D eigenvalue weighted by molar-refractivity contribution is 0.0782. The Morgan fingerprint density at radius 1 is 1.25 bits per heavy atom. The Hall–Kier alpha value is -1.55. The highest BCUT2D eigenvalue weighted by atomic mass is 79.9. The van der Waals surface area contributed by atoms with Gasteiger partial charge < -0.3 is 9.32 Å². The molecule has 0 unspecified atom stereocenters. The molecule has 0 atom stereocenters. The molecule has 1 amide bonds. The maximum atomic E-state index is 12.5. The van der Waals surface area contributed by atoms with Crippen LogP contribution in [0.4, 0.5) is 0 Å². The van der Waals surface area contributed by atoms with E-state index >= 15 is 0 Å². The molecule has 3 nitrogen and oxygen atoms in total. The molecule has 4 heteroatoms. The molecule has 106 valence electrons. The van der Waals surface area contributed by atoms with Crippen LogP contribution in [-0.2, 0) is 6.54 Å². The quantitative estimate of drug-likeness (QED) is 0.840. The average molecular weight is 336 g/mol. The normalized spacial score (nSPS) is 10.7. The molecule has 0 saturated heterocycles. The zero-order valence-electron chi connectivity index (χ0n) is 12.2. The van der Waals surface area contributed by atoms with Gasteiger partial charge in [0.15, 0.2) is 0 Å². The summed E-state index contributed by atoms with van der Waals surface area (Å²) in [5, 5.41) is 0. The van der Waals surface area contributed by atoms with E-state index in [-0.39, 0.29) is 5.91 Å². The standard InChI is InChI=1S/C16H18BrNO2/c1-10-11(2)20-12(3)15(10)16(19)18(4)9-13-6-5-7-14(17)8-13/h5-8H,9H2,1-4H3. The third-order valence-electron chi connectivity index (χ3n) is 3.43. The Morgan fingerprint density at radius 3 is 2.50 bits per heavy atom. The molecule has 1 heterocycles. The van der Waals surface area contributed by atoms with Gasteiger partial charge in [0, 0.05) is 23.6 Å². The highest BCUT2D eigenvalue weighted by Crippen LogP contribution is 2.23. The SMILES string of the molecule is Cc1oc(C)c(C(=O)N(C)Cc2cccc(Br)c2)c1C. The number of furan rings is 1.